The number of tetrazole rings is 1. The first kappa shape index (κ1) is 13.9. The molecule has 3 atom stereocenters. The first-order valence-corrected chi connectivity index (χ1v) is 7.34. The third-order valence-electron chi connectivity index (χ3n) is 4.72. The first-order chi connectivity index (χ1) is 10.1. The number of nitrogen functional groups attached to an aromatic ring is 1. The van der Waals surface area contributed by atoms with Crippen molar-refractivity contribution >= 4 is 5.69 Å². The van der Waals surface area contributed by atoms with E-state index in [-0.39, 0.29) is 0 Å². The smallest absolute Gasteiger partial charge is 0.186 e. The van der Waals surface area contributed by atoms with E-state index in [0.717, 1.165) is 17.8 Å². The van der Waals surface area contributed by atoms with Crippen LogP contribution < -0.4 is 10.5 Å². The molecule has 1 aliphatic carbocycles. The van der Waals surface area contributed by atoms with Crippen LogP contribution in [0.3, 0.4) is 0 Å². The number of ether oxygens (including phenoxy) is 1. The minimum atomic E-state index is 0.330. The molecule has 21 heavy (non-hydrogen) atoms. The van der Waals surface area contributed by atoms with Gasteiger partial charge in [-0.25, -0.2) is 4.68 Å². The van der Waals surface area contributed by atoms with Crippen LogP contribution in [0.15, 0.2) is 18.2 Å². The van der Waals surface area contributed by atoms with E-state index in [1.54, 1.807) is 7.11 Å². The minimum absolute atomic E-state index is 0.330. The van der Waals surface area contributed by atoms with Gasteiger partial charge in [0.25, 0.3) is 0 Å². The van der Waals surface area contributed by atoms with E-state index in [0.29, 0.717) is 29.3 Å². The van der Waals surface area contributed by atoms with E-state index < -0.39 is 0 Å². The van der Waals surface area contributed by atoms with Crippen LogP contribution in [0, 0.1) is 11.8 Å². The zero-order valence-electron chi connectivity index (χ0n) is 12.7. The van der Waals surface area contributed by atoms with Crippen LogP contribution in [-0.4, -0.2) is 27.3 Å². The molecule has 1 saturated carbocycles. The molecule has 0 spiro atoms. The molecule has 3 rings (SSSR count). The van der Waals surface area contributed by atoms with E-state index in [9.17, 15) is 0 Å². The summed E-state index contributed by atoms with van der Waals surface area (Å²) >= 11 is 0. The summed E-state index contributed by atoms with van der Waals surface area (Å²) in [6.07, 6.45) is 2.31. The van der Waals surface area contributed by atoms with Crippen LogP contribution >= 0.6 is 0 Å². The first-order valence-electron chi connectivity index (χ1n) is 7.34. The Labute approximate surface area is 124 Å². The van der Waals surface area contributed by atoms with Crippen LogP contribution in [0.4, 0.5) is 5.69 Å². The van der Waals surface area contributed by atoms with Gasteiger partial charge in [-0.05, 0) is 47.2 Å². The van der Waals surface area contributed by atoms with Crippen molar-refractivity contribution in [1.82, 2.24) is 20.2 Å². The van der Waals surface area contributed by atoms with Crippen molar-refractivity contribution in [2.24, 2.45) is 11.8 Å². The summed E-state index contributed by atoms with van der Waals surface area (Å²) in [5, 5.41) is 12.3. The standard InChI is InChI=1S/C15H21N5O/c1-9-7-8-13(10(9)2)20-15(17-18-19-20)11-5-4-6-12(16)14(11)21-3/h4-6,9-10,13H,7-8,16H2,1-3H3. The molecular formula is C15H21N5O. The average molecular weight is 287 g/mol. The summed E-state index contributed by atoms with van der Waals surface area (Å²) in [5.41, 5.74) is 7.42. The van der Waals surface area contributed by atoms with Crippen LogP contribution in [-0.2, 0) is 0 Å². The quantitative estimate of drug-likeness (QED) is 0.878. The Morgan fingerprint density at radius 3 is 2.76 bits per heavy atom. The molecule has 0 radical (unpaired) electrons. The maximum atomic E-state index is 5.99. The highest BCUT2D eigenvalue weighted by atomic mass is 16.5. The highest BCUT2D eigenvalue weighted by Crippen LogP contribution is 2.42. The van der Waals surface area contributed by atoms with E-state index in [4.69, 9.17) is 10.5 Å². The Kier molecular flexibility index (Phi) is 3.53. The number of methoxy groups -OCH3 is 1. The minimum Gasteiger partial charge on any atom is -0.494 e. The van der Waals surface area contributed by atoms with Gasteiger partial charge in [0.15, 0.2) is 11.6 Å². The molecule has 0 aliphatic heterocycles. The fraction of sp³-hybridized carbons (Fsp3) is 0.533. The summed E-state index contributed by atoms with van der Waals surface area (Å²) in [4.78, 5) is 0. The molecule has 1 aliphatic rings. The number of nitrogens with zero attached hydrogens (tertiary/aromatic N) is 4. The third kappa shape index (κ3) is 2.24. The summed E-state index contributed by atoms with van der Waals surface area (Å²) < 4.78 is 7.37. The lowest BCUT2D eigenvalue weighted by Crippen LogP contribution is -2.17. The second-order valence-corrected chi connectivity index (χ2v) is 5.86. The second-order valence-electron chi connectivity index (χ2n) is 5.86. The van der Waals surface area contributed by atoms with Gasteiger partial charge in [-0.15, -0.1) is 5.10 Å². The van der Waals surface area contributed by atoms with Gasteiger partial charge in [-0.1, -0.05) is 19.9 Å². The zero-order valence-corrected chi connectivity index (χ0v) is 12.7. The third-order valence-corrected chi connectivity index (χ3v) is 4.72. The molecule has 6 nitrogen and oxygen atoms in total. The summed E-state index contributed by atoms with van der Waals surface area (Å²) in [6.45, 7) is 4.56. The van der Waals surface area contributed by atoms with Crippen LogP contribution in [0.25, 0.3) is 11.4 Å². The SMILES string of the molecule is COc1c(N)cccc1-c1nnnn1C1CCC(C)C1C. The van der Waals surface area contributed by atoms with Crippen LogP contribution in [0.5, 0.6) is 5.75 Å². The van der Waals surface area contributed by atoms with E-state index in [1.807, 2.05) is 22.9 Å². The molecule has 1 heterocycles. The fourth-order valence-electron chi connectivity index (χ4n) is 3.24. The van der Waals surface area contributed by atoms with Gasteiger partial charge in [0, 0.05) is 0 Å². The average Bonchev–Trinajstić information content (AvgIpc) is 3.07. The molecule has 2 aromatic rings. The molecule has 1 aromatic heterocycles. The monoisotopic (exact) mass is 287 g/mol. The Balaban J connectivity index is 2.06. The highest BCUT2D eigenvalue weighted by molar-refractivity contribution is 5.73. The van der Waals surface area contributed by atoms with Gasteiger partial charge in [0.05, 0.1) is 24.4 Å². The predicted octanol–water partition coefficient (Wildman–Crippen LogP) is 2.54. The van der Waals surface area contributed by atoms with E-state index >= 15 is 0 Å². The van der Waals surface area contributed by atoms with Gasteiger partial charge in [-0.3, -0.25) is 0 Å². The zero-order chi connectivity index (χ0) is 15.0. The maximum absolute atomic E-state index is 5.99. The predicted molar refractivity (Wildman–Crippen MR) is 80.8 cm³/mol. The number of aromatic nitrogens is 4. The molecule has 6 heteroatoms. The largest absolute Gasteiger partial charge is 0.494 e. The lowest BCUT2D eigenvalue weighted by Gasteiger charge is -2.20. The molecule has 112 valence electrons. The van der Waals surface area contributed by atoms with Crippen molar-refractivity contribution in [1.29, 1.82) is 0 Å². The molecule has 3 unspecified atom stereocenters. The lowest BCUT2D eigenvalue weighted by atomic mass is 9.97. The molecule has 0 amide bonds. The number of hydrogen-bond acceptors (Lipinski definition) is 5. The van der Waals surface area contributed by atoms with Crippen molar-refractivity contribution in [3.8, 4) is 17.1 Å². The van der Waals surface area contributed by atoms with Crippen molar-refractivity contribution in [2.75, 3.05) is 12.8 Å². The molecule has 1 fully saturated rings. The van der Waals surface area contributed by atoms with Gasteiger partial charge >= 0.3 is 0 Å². The summed E-state index contributed by atoms with van der Waals surface area (Å²) in [7, 11) is 1.61. The van der Waals surface area contributed by atoms with Gasteiger partial charge in [0.2, 0.25) is 0 Å². The normalized spacial score (nSPS) is 25.2. The van der Waals surface area contributed by atoms with Crippen molar-refractivity contribution in [3.05, 3.63) is 18.2 Å². The van der Waals surface area contributed by atoms with Crippen molar-refractivity contribution in [3.63, 3.8) is 0 Å². The molecule has 1 aromatic carbocycles. The number of hydrogen-bond donors (Lipinski definition) is 1. The highest BCUT2D eigenvalue weighted by Gasteiger charge is 2.34. The van der Waals surface area contributed by atoms with Crippen molar-refractivity contribution < 1.29 is 4.74 Å². The molecule has 0 saturated heterocycles. The van der Waals surface area contributed by atoms with Crippen LogP contribution in [0.2, 0.25) is 0 Å². The maximum Gasteiger partial charge on any atom is 0.186 e. The Morgan fingerprint density at radius 1 is 1.29 bits per heavy atom. The van der Waals surface area contributed by atoms with Gasteiger partial charge in [-0.2, -0.15) is 0 Å². The fourth-order valence-corrected chi connectivity index (χ4v) is 3.24. The lowest BCUT2D eigenvalue weighted by molar-refractivity contribution is 0.328. The van der Waals surface area contributed by atoms with E-state index in [1.165, 1.54) is 6.42 Å². The Bertz CT molecular complexity index is 639. The summed E-state index contributed by atoms with van der Waals surface area (Å²) in [6, 6.07) is 5.99. The van der Waals surface area contributed by atoms with Crippen LogP contribution in [0.1, 0.15) is 32.7 Å². The molecule has 0 bridgehead atoms. The molecular weight excluding hydrogens is 266 g/mol. The number of para-hydroxylation sites is 1. The Morgan fingerprint density at radius 2 is 2.10 bits per heavy atom. The number of rotatable bonds is 3. The Hall–Kier alpha value is -2.11. The number of anilines is 1. The topological polar surface area (TPSA) is 78.8 Å². The number of nitrogens with two attached hydrogens (primary N) is 1. The van der Waals surface area contributed by atoms with Gasteiger partial charge in [0.1, 0.15) is 0 Å². The second kappa shape index (κ2) is 5.35. The van der Waals surface area contributed by atoms with Gasteiger partial charge < -0.3 is 10.5 Å². The molecule has 2 N–H and O–H groups in total. The summed E-state index contributed by atoms with van der Waals surface area (Å²) in [5.74, 6) is 2.60. The van der Waals surface area contributed by atoms with E-state index in [2.05, 4.69) is 29.4 Å². The number of benzene rings is 1. The van der Waals surface area contributed by atoms with Crippen molar-refractivity contribution in [2.45, 2.75) is 32.7 Å².